The summed E-state index contributed by atoms with van der Waals surface area (Å²) in [6.45, 7) is 8.86. The van der Waals surface area contributed by atoms with Crippen LogP contribution in [0.4, 0.5) is 5.82 Å². The normalized spacial score (nSPS) is 16.5. The molecule has 10 heteroatoms. The third kappa shape index (κ3) is 5.21. The number of nitro groups is 1. The number of imidazole rings is 1. The van der Waals surface area contributed by atoms with Gasteiger partial charge in [0.2, 0.25) is 0 Å². The van der Waals surface area contributed by atoms with E-state index in [9.17, 15) is 24.8 Å². The molecule has 0 aliphatic carbocycles. The van der Waals surface area contributed by atoms with E-state index >= 15 is 0 Å². The molecule has 33 heavy (non-hydrogen) atoms. The van der Waals surface area contributed by atoms with Crippen molar-refractivity contribution in [2.75, 3.05) is 6.54 Å². The number of carbonyl (C=O) groups excluding carboxylic acids is 2. The second-order valence-corrected chi connectivity index (χ2v) is 8.97. The second kappa shape index (κ2) is 9.05. The first-order chi connectivity index (χ1) is 15.4. The fraction of sp³-hybridized carbons (Fsp3) is 0.435. The van der Waals surface area contributed by atoms with E-state index < -0.39 is 22.7 Å². The third-order valence-corrected chi connectivity index (χ3v) is 5.34. The standard InChI is InChI=1S/C23H28N4O6/c1-14(28)20-21(29)18(12-16-6-8-17(9-7-16)33-23(3,4)5)26(22(20)30)11-10-25-15(2)24-13-19(25)27(31)32/h6-9,13,18,29H,10-12H2,1-5H3. The van der Waals surface area contributed by atoms with E-state index in [1.54, 1.807) is 6.92 Å². The predicted molar refractivity (Wildman–Crippen MR) is 120 cm³/mol. The van der Waals surface area contributed by atoms with Crippen molar-refractivity contribution in [3.63, 3.8) is 0 Å². The summed E-state index contributed by atoms with van der Waals surface area (Å²) in [7, 11) is 0. The molecule has 0 fully saturated rings. The molecule has 1 aliphatic rings. The van der Waals surface area contributed by atoms with Crippen molar-refractivity contribution < 1.29 is 24.4 Å². The number of hydrogen-bond acceptors (Lipinski definition) is 7. The SMILES string of the molecule is CC(=O)C1=C(O)C(Cc2ccc(OC(C)(C)C)cc2)N(CCn2c([N+](=O)[O-])cnc2C)C1=O. The van der Waals surface area contributed by atoms with E-state index in [0.717, 1.165) is 11.8 Å². The first-order valence-electron chi connectivity index (χ1n) is 10.6. The Kier molecular flexibility index (Phi) is 6.57. The minimum absolute atomic E-state index is 0.0631. The van der Waals surface area contributed by atoms with Gasteiger partial charge in [-0.05, 0) is 50.3 Å². The fourth-order valence-electron chi connectivity index (χ4n) is 3.86. The number of amides is 1. The van der Waals surface area contributed by atoms with Crippen LogP contribution in [0.25, 0.3) is 0 Å². The molecule has 1 N–H and O–H groups in total. The Hall–Kier alpha value is -3.69. The number of aliphatic hydroxyl groups is 1. The molecule has 1 aromatic carbocycles. The zero-order valence-corrected chi connectivity index (χ0v) is 19.4. The van der Waals surface area contributed by atoms with Gasteiger partial charge in [-0.25, -0.2) is 9.55 Å². The van der Waals surface area contributed by atoms with Gasteiger partial charge in [0.05, 0.1) is 12.6 Å². The van der Waals surface area contributed by atoms with Gasteiger partial charge in [0, 0.05) is 13.3 Å². The molecule has 1 atom stereocenters. The van der Waals surface area contributed by atoms with Gasteiger partial charge >= 0.3 is 5.82 Å². The monoisotopic (exact) mass is 456 g/mol. The number of hydrogen-bond donors (Lipinski definition) is 1. The lowest BCUT2D eigenvalue weighted by Gasteiger charge is -2.25. The van der Waals surface area contributed by atoms with Gasteiger partial charge < -0.3 is 24.9 Å². The lowest BCUT2D eigenvalue weighted by atomic mass is 10.0. The number of rotatable bonds is 8. The molecule has 0 saturated carbocycles. The Bertz CT molecular complexity index is 1110. The van der Waals surface area contributed by atoms with Gasteiger partial charge in [0.1, 0.15) is 35.4 Å². The maximum absolute atomic E-state index is 12.9. The molecule has 0 bridgehead atoms. The quantitative estimate of drug-likeness (QED) is 0.367. The molecule has 2 heterocycles. The van der Waals surface area contributed by atoms with Gasteiger partial charge in [-0.2, -0.15) is 0 Å². The molecular formula is C23H28N4O6. The number of ketones is 1. The molecule has 2 aromatic rings. The van der Waals surface area contributed by atoms with Crippen LogP contribution in [0.2, 0.25) is 0 Å². The van der Waals surface area contributed by atoms with E-state index in [4.69, 9.17) is 4.74 Å². The van der Waals surface area contributed by atoms with Crippen molar-refractivity contribution in [1.29, 1.82) is 0 Å². The van der Waals surface area contributed by atoms with Crippen LogP contribution in [-0.4, -0.2) is 54.4 Å². The Balaban J connectivity index is 1.84. The largest absolute Gasteiger partial charge is 0.509 e. The number of Topliss-reactive ketones (excluding diaryl/α,β-unsaturated/α-hetero) is 1. The van der Waals surface area contributed by atoms with Gasteiger partial charge in [-0.1, -0.05) is 12.1 Å². The Morgan fingerprint density at radius 3 is 2.42 bits per heavy atom. The van der Waals surface area contributed by atoms with Crippen molar-refractivity contribution in [2.24, 2.45) is 0 Å². The number of carbonyl (C=O) groups is 2. The van der Waals surface area contributed by atoms with Crippen molar-refractivity contribution in [2.45, 2.75) is 59.2 Å². The zero-order chi connectivity index (χ0) is 24.5. The van der Waals surface area contributed by atoms with Crippen LogP contribution in [-0.2, 0) is 22.6 Å². The van der Waals surface area contributed by atoms with Crippen molar-refractivity contribution in [3.8, 4) is 5.75 Å². The Morgan fingerprint density at radius 1 is 1.24 bits per heavy atom. The molecule has 1 aromatic heterocycles. The summed E-state index contributed by atoms with van der Waals surface area (Å²) in [6.07, 6.45) is 1.44. The number of aliphatic hydroxyl groups excluding tert-OH is 1. The first-order valence-corrected chi connectivity index (χ1v) is 10.6. The maximum Gasteiger partial charge on any atom is 0.342 e. The summed E-state index contributed by atoms with van der Waals surface area (Å²) in [5.41, 5.74) is 0.242. The Labute approximate surface area is 191 Å². The number of nitrogens with zero attached hydrogens (tertiary/aromatic N) is 4. The number of benzene rings is 1. The highest BCUT2D eigenvalue weighted by molar-refractivity contribution is 6.20. The minimum Gasteiger partial charge on any atom is -0.509 e. The number of aryl methyl sites for hydroxylation is 1. The van der Waals surface area contributed by atoms with Gasteiger partial charge in [0.15, 0.2) is 11.6 Å². The zero-order valence-electron chi connectivity index (χ0n) is 19.4. The molecule has 10 nitrogen and oxygen atoms in total. The third-order valence-electron chi connectivity index (χ3n) is 5.34. The Morgan fingerprint density at radius 2 is 1.88 bits per heavy atom. The average Bonchev–Trinajstić information content (AvgIpc) is 3.18. The highest BCUT2D eigenvalue weighted by Gasteiger charge is 2.41. The molecule has 0 spiro atoms. The predicted octanol–water partition coefficient (Wildman–Crippen LogP) is 3.13. The lowest BCUT2D eigenvalue weighted by molar-refractivity contribution is -0.392. The van der Waals surface area contributed by atoms with E-state index in [0.29, 0.717) is 11.6 Å². The topological polar surface area (TPSA) is 128 Å². The van der Waals surface area contributed by atoms with E-state index in [1.165, 1.54) is 16.4 Å². The van der Waals surface area contributed by atoms with E-state index in [-0.39, 0.29) is 42.3 Å². The van der Waals surface area contributed by atoms with Crippen molar-refractivity contribution in [1.82, 2.24) is 14.5 Å². The summed E-state index contributed by atoms with van der Waals surface area (Å²) in [5.74, 6) is -0.448. The highest BCUT2D eigenvalue weighted by Crippen LogP contribution is 2.29. The van der Waals surface area contributed by atoms with Crippen molar-refractivity contribution in [3.05, 3.63) is 63.3 Å². The molecule has 0 radical (unpaired) electrons. The fourth-order valence-corrected chi connectivity index (χ4v) is 3.86. The van der Waals surface area contributed by atoms with Crippen LogP contribution < -0.4 is 4.74 Å². The molecular weight excluding hydrogens is 428 g/mol. The molecule has 1 unspecified atom stereocenters. The highest BCUT2D eigenvalue weighted by atomic mass is 16.6. The number of ether oxygens (including phenoxy) is 1. The maximum atomic E-state index is 12.9. The smallest absolute Gasteiger partial charge is 0.342 e. The van der Waals surface area contributed by atoms with E-state index in [2.05, 4.69) is 4.98 Å². The van der Waals surface area contributed by atoms with E-state index in [1.807, 2.05) is 45.0 Å². The molecule has 1 aliphatic heterocycles. The van der Waals surface area contributed by atoms with Crippen LogP contribution >= 0.6 is 0 Å². The van der Waals surface area contributed by atoms with Gasteiger partial charge in [0.25, 0.3) is 5.91 Å². The molecule has 0 saturated heterocycles. The summed E-state index contributed by atoms with van der Waals surface area (Å²) in [4.78, 5) is 41.1. The lowest BCUT2D eigenvalue weighted by Crippen LogP contribution is -2.39. The van der Waals surface area contributed by atoms with Gasteiger partial charge in [-0.15, -0.1) is 0 Å². The van der Waals surface area contributed by atoms with Crippen LogP contribution in [0.3, 0.4) is 0 Å². The van der Waals surface area contributed by atoms with Gasteiger partial charge in [-0.3, -0.25) is 9.59 Å². The second-order valence-electron chi connectivity index (χ2n) is 8.97. The molecule has 3 rings (SSSR count). The number of aromatic nitrogens is 2. The van der Waals surface area contributed by atoms with Crippen LogP contribution in [0, 0.1) is 17.0 Å². The molecule has 176 valence electrons. The first kappa shape index (κ1) is 24.0. The molecule has 1 amide bonds. The average molecular weight is 456 g/mol. The van der Waals surface area contributed by atoms with Crippen LogP contribution in [0.1, 0.15) is 39.1 Å². The van der Waals surface area contributed by atoms with Crippen molar-refractivity contribution >= 4 is 17.5 Å². The summed E-state index contributed by atoms with van der Waals surface area (Å²) in [6, 6.07) is 6.55. The van der Waals surface area contributed by atoms with Crippen LogP contribution in [0.5, 0.6) is 5.75 Å². The minimum atomic E-state index is -0.756. The summed E-state index contributed by atoms with van der Waals surface area (Å²) >= 11 is 0. The summed E-state index contributed by atoms with van der Waals surface area (Å²) in [5, 5.41) is 22.0. The van der Waals surface area contributed by atoms with Crippen LogP contribution in [0.15, 0.2) is 41.8 Å². The summed E-state index contributed by atoms with van der Waals surface area (Å²) < 4.78 is 7.22.